The summed E-state index contributed by atoms with van der Waals surface area (Å²) in [6.45, 7) is 8.32. The van der Waals surface area contributed by atoms with E-state index in [1.807, 2.05) is 20.8 Å². The Bertz CT molecular complexity index is 281. The van der Waals surface area contributed by atoms with E-state index in [1.165, 1.54) is 12.8 Å². The summed E-state index contributed by atoms with van der Waals surface area (Å²) in [4.78, 5) is 14.1. The van der Waals surface area contributed by atoms with E-state index >= 15 is 0 Å². The molecule has 0 bridgehead atoms. The first-order valence-corrected chi connectivity index (χ1v) is 7.18. The van der Waals surface area contributed by atoms with Gasteiger partial charge in [0.2, 0.25) is 0 Å². The van der Waals surface area contributed by atoms with E-state index in [0.717, 1.165) is 19.5 Å². The number of likely N-dealkylation sites (tertiary alicyclic amines) is 1. The number of nitrogens with one attached hydrogen (secondary N) is 1. The van der Waals surface area contributed by atoms with E-state index in [4.69, 9.17) is 10.5 Å². The van der Waals surface area contributed by atoms with Crippen LogP contribution in [0.15, 0.2) is 0 Å². The number of carbonyl (C=O) groups excluding carboxylic acids is 1. The molecule has 19 heavy (non-hydrogen) atoms. The largest absolute Gasteiger partial charge is 0.444 e. The van der Waals surface area contributed by atoms with Gasteiger partial charge in [0.05, 0.1) is 0 Å². The van der Waals surface area contributed by atoms with Gasteiger partial charge in [-0.05, 0) is 66.1 Å². The van der Waals surface area contributed by atoms with Crippen molar-refractivity contribution in [2.24, 2.45) is 11.7 Å². The Morgan fingerprint density at radius 2 is 2.00 bits per heavy atom. The van der Waals surface area contributed by atoms with Crippen molar-refractivity contribution in [2.75, 3.05) is 26.7 Å². The maximum absolute atomic E-state index is 11.7. The highest BCUT2D eigenvalue weighted by atomic mass is 16.6. The third-order valence-corrected chi connectivity index (χ3v) is 3.46. The Balaban J connectivity index is 2.35. The van der Waals surface area contributed by atoms with E-state index in [9.17, 15) is 4.79 Å². The van der Waals surface area contributed by atoms with Crippen molar-refractivity contribution in [3.05, 3.63) is 0 Å². The van der Waals surface area contributed by atoms with Gasteiger partial charge in [-0.3, -0.25) is 0 Å². The molecule has 0 aromatic carbocycles. The number of alkyl carbamates (subject to hydrolysis) is 1. The van der Waals surface area contributed by atoms with E-state index in [0.29, 0.717) is 12.5 Å². The first-order chi connectivity index (χ1) is 8.80. The molecular weight excluding hydrogens is 242 g/mol. The topological polar surface area (TPSA) is 67.6 Å². The molecule has 3 N–H and O–H groups in total. The minimum absolute atomic E-state index is 0.0169. The number of amides is 1. The van der Waals surface area contributed by atoms with Crippen molar-refractivity contribution in [1.29, 1.82) is 0 Å². The summed E-state index contributed by atoms with van der Waals surface area (Å²) in [5.74, 6) is 0.652. The summed E-state index contributed by atoms with van der Waals surface area (Å²) in [5.41, 5.74) is 5.29. The molecule has 1 unspecified atom stereocenters. The molecule has 5 nitrogen and oxygen atoms in total. The van der Waals surface area contributed by atoms with Gasteiger partial charge in [-0.1, -0.05) is 0 Å². The fourth-order valence-electron chi connectivity index (χ4n) is 2.39. The molecule has 0 saturated carbocycles. The number of nitrogens with zero attached hydrogens (tertiary/aromatic N) is 1. The zero-order valence-electron chi connectivity index (χ0n) is 12.7. The van der Waals surface area contributed by atoms with Crippen LogP contribution in [0, 0.1) is 5.92 Å². The molecule has 0 spiro atoms. The van der Waals surface area contributed by atoms with Crippen molar-refractivity contribution >= 4 is 6.09 Å². The van der Waals surface area contributed by atoms with Crippen molar-refractivity contribution in [3.63, 3.8) is 0 Å². The van der Waals surface area contributed by atoms with Crippen LogP contribution < -0.4 is 11.1 Å². The van der Waals surface area contributed by atoms with Crippen LogP contribution in [0.4, 0.5) is 4.79 Å². The summed E-state index contributed by atoms with van der Waals surface area (Å²) in [6.07, 6.45) is 2.95. The molecule has 112 valence electrons. The number of nitrogens with two attached hydrogens (primary N) is 1. The first kappa shape index (κ1) is 16.2. The second-order valence-electron chi connectivity index (χ2n) is 6.56. The van der Waals surface area contributed by atoms with Crippen LogP contribution in [-0.2, 0) is 4.74 Å². The molecule has 0 aliphatic carbocycles. The minimum atomic E-state index is -0.462. The second-order valence-corrected chi connectivity index (χ2v) is 6.56. The van der Waals surface area contributed by atoms with Gasteiger partial charge in [-0.25, -0.2) is 4.79 Å². The van der Waals surface area contributed by atoms with Crippen molar-refractivity contribution < 1.29 is 9.53 Å². The maximum Gasteiger partial charge on any atom is 0.407 e. The van der Waals surface area contributed by atoms with Gasteiger partial charge < -0.3 is 20.7 Å². The van der Waals surface area contributed by atoms with E-state index in [2.05, 4.69) is 17.3 Å². The highest BCUT2D eigenvalue weighted by Crippen LogP contribution is 2.21. The summed E-state index contributed by atoms with van der Waals surface area (Å²) in [6, 6.07) is 0.0169. The molecule has 0 aromatic heterocycles. The molecule has 1 heterocycles. The third kappa shape index (κ3) is 6.78. The summed E-state index contributed by atoms with van der Waals surface area (Å²) >= 11 is 0. The van der Waals surface area contributed by atoms with Crippen LogP contribution in [0.2, 0.25) is 0 Å². The van der Waals surface area contributed by atoms with Gasteiger partial charge in [0.25, 0.3) is 0 Å². The lowest BCUT2D eigenvalue weighted by Gasteiger charge is -2.31. The van der Waals surface area contributed by atoms with Crippen LogP contribution in [0.3, 0.4) is 0 Å². The SMILES string of the molecule is CN1CCC(CC(CN)NC(=O)OC(C)(C)C)CC1. The van der Waals surface area contributed by atoms with Gasteiger partial charge in [0.15, 0.2) is 0 Å². The molecule has 1 aliphatic heterocycles. The summed E-state index contributed by atoms with van der Waals surface area (Å²) in [5, 5.41) is 2.88. The van der Waals surface area contributed by atoms with Gasteiger partial charge in [0.1, 0.15) is 5.60 Å². The molecule has 1 fully saturated rings. The van der Waals surface area contributed by atoms with Gasteiger partial charge in [-0.15, -0.1) is 0 Å². The fraction of sp³-hybridized carbons (Fsp3) is 0.929. The van der Waals surface area contributed by atoms with Crippen LogP contribution >= 0.6 is 0 Å². The maximum atomic E-state index is 11.7. The molecule has 1 rings (SSSR count). The molecule has 1 saturated heterocycles. The summed E-state index contributed by atoms with van der Waals surface area (Å²) in [7, 11) is 2.15. The first-order valence-electron chi connectivity index (χ1n) is 7.18. The normalized spacial score (nSPS) is 20.1. The number of hydrogen-bond acceptors (Lipinski definition) is 4. The zero-order valence-corrected chi connectivity index (χ0v) is 12.7. The lowest BCUT2D eigenvalue weighted by atomic mass is 9.90. The fourth-order valence-corrected chi connectivity index (χ4v) is 2.39. The van der Waals surface area contributed by atoms with Crippen LogP contribution in [0.5, 0.6) is 0 Å². The van der Waals surface area contributed by atoms with Crippen molar-refractivity contribution in [2.45, 2.75) is 51.7 Å². The predicted molar refractivity (Wildman–Crippen MR) is 77.1 cm³/mol. The Hall–Kier alpha value is -0.810. The number of rotatable bonds is 4. The zero-order chi connectivity index (χ0) is 14.5. The van der Waals surface area contributed by atoms with Gasteiger partial charge in [0, 0.05) is 12.6 Å². The van der Waals surface area contributed by atoms with Crippen molar-refractivity contribution in [3.8, 4) is 0 Å². The lowest BCUT2D eigenvalue weighted by Crippen LogP contribution is -2.44. The Kier molecular flexibility index (Phi) is 6.07. The minimum Gasteiger partial charge on any atom is -0.444 e. The standard InChI is InChI=1S/C14H29N3O2/c1-14(2,3)19-13(18)16-12(10-15)9-11-5-7-17(4)8-6-11/h11-12H,5-10,15H2,1-4H3,(H,16,18). The number of piperidine rings is 1. The molecule has 0 radical (unpaired) electrons. The van der Waals surface area contributed by atoms with E-state index in [1.54, 1.807) is 0 Å². The number of carbonyl (C=O) groups is 1. The van der Waals surface area contributed by atoms with Gasteiger partial charge in [-0.2, -0.15) is 0 Å². The molecule has 5 heteroatoms. The van der Waals surface area contributed by atoms with Crippen LogP contribution in [0.1, 0.15) is 40.0 Å². The molecule has 1 aliphatic rings. The average molecular weight is 271 g/mol. The molecule has 1 amide bonds. The van der Waals surface area contributed by atoms with E-state index < -0.39 is 5.60 Å². The third-order valence-electron chi connectivity index (χ3n) is 3.46. The molecular formula is C14H29N3O2. The lowest BCUT2D eigenvalue weighted by molar-refractivity contribution is 0.0495. The predicted octanol–water partition coefficient (Wildman–Crippen LogP) is 1.57. The number of hydrogen-bond donors (Lipinski definition) is 2. The smallest absolute Gasteiger partial charge is 0.407 e. The Morgan fingerprint density at radius 3 is 2.47 bits per heavy atom. The molecule has 1 atom stereocenters. The Morgan fingerprint density at radius 1 is 1.42 bits per heavy atom. The van der Waals surface area contributed by atoms with Crippen LogP contribution in [-0.4, -0.2) is 49.3 Å². The monoisotopic (exact) mass is 271 g/mol. The molecule has 0 aromatic rings. The highest BCUT2D eigenvalue weighted by molar-refractivity contribution is 5.68. The number of ether oxygens (including phenoxy) is 1. The van der Waals surface area contributed by atoms with E-state index in [-0.39, 0.29) is 12.1 Å². The van der Waals surface area contributed by atoms with Crippen molar-refractivity contribution in [1.82, 2.24) is 10.2 Å². The summed E-state index contributed by atoms with van der Waals surface area (Å²) < 4.78 is 5.26. The Labute approximate surface area is 116 Å². The van der Waals surface area contributed by atoms with Crippen LogP contribution in [0.25, 0.3) is 0 Å². The highest BCUT2D eigenvalue weighted by Gasteiger charge is 2.23. The van der Waals surface area contributed by atoms with Gasteiger partial charge >= 0.3 is 6.09 Å². The quantitative estimate of drug-likeness (QED) is 0.814. The average Bonchev–Trinajstić information content (AvgIpc) is 2.28. The second kappa shape index (κ2) is 7.10.